The van der Waals surface area contributed by atoms with Crippen molar-refractivity contribution in [3.05, 3.63) is 138 Å². The molecule has 3 heteroatoms. The van der Waals surface area contributed by atoms with Gasteiger partial charge in [-0.2, -0.15) is 0 Å². The Labute approximate surface area is 227 Å². The Kier molecular flexibility index (Phi) is 8.47. The lowest BCUT2D eigenvalue weighted by Gasteiger charge is -2.25. The Bertz CT molecular complexity index is 1420. The third-order valence-corrected chi connectivity index (χ3v) is 7.00. The summed E-state index contributed by atoms with van der Waals surface area (Å²) in [5, 5.41) is 0. The fourth-order valence-corrected chi connectivity index (χ4v) is 5.13. The van der Waals surface area contributed by atoms with Crippen LogP contribution in [-0.4, -0.2) is 14.5 Å². The number of unbranched alkanes of at least 4 members (excludes halogenated alkanes) is 1. The summed E-state index contributed by atoms with van der Waals surface area (Å²) >= 11 is 0. The highest BCUT2D eigenvalue weighted by Gasteiger charge is 2.22. The fourth-order valence-electron chi connectivity index (χ4n) is 5.13. The highest BCUT2D eigenvalue weighted by Crippen LogP contribution is 2.31. The molecular weight excluding hydrogens is 462 g/mol. The quantitative estimate of drug-likeness (QED) is 0.182. The number of rotatable bonds is 11. The molecule has 4 aromatic carbocycles. The van der Waals surface area contributed by atoms with Crippen LogP contribution in [-0.2, 0) is 26.2 Å². The number of aromatic nitrogens is 2. The van der Waals surface area contributed by atoms with Gasteiger partial charge in [-0.15, -0.1) is 0 Å². The maximum Gasteiger partial charge on any atom is 0.140 e. The van der Waals surface area contributed by atoms with Crippen molar-refractivity contribution >= 4 is 0 Å². The first kappa shape index (κ1) is 25.7. The average molecular weight is 500 g/mol. The highest BCUT2D eigenvalue weighted by atomic mass is 15.2. The molecule has 0 aliphatic carbocycles. The summed E-state index contributed by atoms with van der Waals surface area (Å²) in [6, 6.07) is 41.0. The minimum absolute atomic E-state index is 0.816. The van der Waals surface area contributed by atoms with E-state index >= 15 is 0 Å². The van der Waals surface area contributed by atoms with Crippen LogP contribution >= 0.6 is 0 Å². The van der Waals surface area contributed by atoms with Crippen LogP contribution < -0.4 is 0 Å². The summed E-state index contributed by atoms with van der Waals surface area (Å²) in [6.07, 6.45) is 2.26. The van der Waals surface area contributed by atoms with Crippen molar-refractivity contribution in [1.82, 2.24) is 14.5 Å². The van der Waals surface area contributed by atoms with Gasteiger partial charge in [-0.3, -0.25) is 4.90 Å². The van der Waals surface area contributed by atoms with E-state index in [0.717, 1.165) is 50.5 Å². The van der Waals surface area contributed by atoms with Crippen molar-refractivity contribution in [1.29, 1.82) is 0 Å². The molecule has 0 fully saturated rings. The molecule has 38 heavy (non-hydrogen) atoms. The van der Waals surface area contributed by atoms with Gasteiger partial charge in [-0.25, -0.2) is 4.98 Å². The van der Waals surface area contributed by atoms with Crippen LogP contribution in [0.1, 0.15) is 42.1 Å². The molecule has 0 unspecified atom stereocenters. The van der Waals surface area contributed by atoms with Gasteiger partial charge in [0, 0.05) is 37.3 Å². The molecule has 192 valence electrons. The van der Waals surface area contributed by atoms with Crippen molar-refractivity contribution < 1.29 is 0 Å². The van der Waals surface area contributed by atoms with E-state index in [1.165, 1.54) is 33.5 Å². The molecular formula is C35H37N3. The first-order valence-electron chi connectivity index (χ1n) is 13.7. The Morgan fingerprint density at radius 2 is 1.26 bits per heavy atom. The van der Waals surface area contributed by atoms with Gasteiger partial charge in [-0.05, 0) is 24.5 Å². The van der Waals surface area contributed by atoms with Crippen LogP contribution in [0.3, 0.4) is 0 Å². The smallest absolute Gasteiger partial charge is 0.140 e. The van der Waals surface area contributed by atoms with Crippen molar-refractivity contribution in [2.75, 3.05) is 0 Å². The predicted molar refractivity (Wildman–Crippen MR) is 159 cm³/mol. The molecule has 0 saturated carbocycles. The molecule has 0 aliphatic heterocycles. The molecule has 1 aromatic heterocycles. The SMILES string of the molecule is CCCCn1c(-c2ccccc2)nc(-c2ccccc2)c1CN(Cc1ccccc1)Cc1cccc(C)c1. The van der Waals surface area contributed by atoms with Crippen molar-refractivity contribution in [2.24, 2.45) is 0 Å². The third-order valence-electron chi connectivity index (χ3n) is 7.00. The third kappa shape index (κ3) is 6.30. The molecule has 0 N–H and O–H groups in total. The van der Waals surface area contributed by atoms with E-state index in [1.807, 2.05) is 0 Å². The fraction of sp³-hybridized carbons (Fsp3) is 0.229. The number of nitrogens with zero attached hydrogens (tertiary/aromatic N) is 3. The van der Waals surface area contributed by atoms with Crippen LogP contribution in [0, 0.1) is 6.92 Å². The van der Waals surface area contributed by atoms with Crippen LogP contribution in [0.5, 0.6) is 0 Å². The van der Waals surface area contributed by atoms with E-state index in [-0.39, 0.29) is 0 Å². The molecule has 0 radical (unpaired) electrons. The summed E-state index contributed by atoms with van der Waals surface area (Å²) in [7, 11) is 0. The topological polar surface area (TPSA) is 21.1 Å². The zero-order chi connectivity index (χ0) is 26.2. The van der Waals surface area contributed by atoms with Crippen LogP contribution in [0.2, 0.25) is 0 Å². The Hall–Kier alpha value is -3.95. The Morgan fingerprint density at radius 1 is 0.658 bits per heavy atom. The number of aryl methyl sites for hydroxylation is 1. The summed E-state index contributed by atoms with van der Waals surface area (Å²) in [5.41, 5.74) is 8.67. The maximum absolute atomic E-state index is 5.32. The van der Waals surface area contributed by atoms with Gasteiger partial charge in [0.2, 0.25) is 0 Å². The normalized spacial score (nSPS) is 11.2. The number of benzene rings is 4. The predicted octanol–water partition coefficient (Wildman–Crippen LogP) is 8.53. The summed E-state index contributed by atoms with van der Waals surface area (Å²) in [5.74, 6) is 1.06. The standard InChI is InChI=1S/C35H37N3/c1-3-4-23-38-33(34(31-19-10-6-11-20-31)36-35(38)32-21-12-7-13-22-32)27-37(25-29-16-8-5-9-17-29)26-30-18-14-15-28(2)24-30/h5-22,24H,3-4,23,25-27H2,1-2H3. The molecule has 1 heterocycles. The Morgan fingerprint density at radius 3 is 1.92 bits per heavy atom. The molecule has 5 aromatic rings. The Balaban J connectivity index is 1.61. The van der Waals surface area contributed by atoms with Crippen LogP contribution in [0.15, 0.2) is 115 Å². The van der Waals surface area contributed by atoms with E-state index in [9.17, 15) is 0 Å². The van der Waals surface area contributed by atoms with E-state index in [4.69, 9.17) is 4.98 Å². The van der Waals surface area contributed by atoms with Gasteiger partial charge in [0.05, 0.1) is 11.4 Å². The first-order valence-corrected chi connectivity index (χ1v) is 13.7. The number of hydrogen-bond acceptors (Lipinski definition) is 2. The van der Waals surface area contributed by atoms with Gasteiger partial charge in [0.25, 0.3) is 0 Å². The zero-order valence-electron chi connectivity index (χ0n) is 22.6. The second-order valence-corrected chi connectivity index (χ2v) is 10.1. The zero-order valence-corrected chi connectivity index (χ0v) is 22.6. The molecule has 0 aliphatic rings. The lowest BCUT2D eigenvalue weighted by Crippen LogP contribution is -2.24. The van der Waals surface area contributed by atoms with E-state index < -0.39 is 0 Å². The van der Waals surface area contributed by atoms with Gasteiger partial charge in [0.1, 0.15) is 5.82 Å². The van der Waals surface area contributed by atoms with Gasteiger partial charge < -0.3 is 4.57 Å². The average Bonchev–Trinajstić information content (AvgIpc) is 3.31. The van der Waals surface area contributed by atoms with E-state index in [2.05, 4.69) is 139 Å². The molecule has 0 bridgehead atoms. The first-order chi connectivity index (χ1) is 18.7. The lowest BCUT2D eigenvalue weighted by molar-refractivity contribution is 0.241. The van der Waals surface area contributed by atoms with Crippen LogP contribution in [0.25, 0.3) is 22.6 Å². The monoisotopic (exact) mass is 499 g/mol. The second kappa shape index (κ2) is 12.5. The summed E-state index contributed by atoms with van der Waals surface area (Å²) in [4.78, 5) is 7.88. The molecule has 0 amide bonds. The molecule has 5 rings (SSSR count). The minimum atomic E-state index is 0.816. The van der Waals surface area contributed by atoms with E-state index in [1.54, 1.807) is 0 Å². The molecule has 0 spiro atoms. The van der Waals surface area contributed by atoms with Crippen molar-refractivity contribution in [3.63, 3.8) is 0 Å². The highest BCUT2D eigenvalue weighted by molar-refractivity contribution is 5.68. The molecule has 0 saturated heterocycles. The second-order valence-electron chi connectivity index (χ2n) is 10.1. The van der Waals surface area contributed by atoms with Crippen LogP contribution in [0.4, 0.5) is 0 Å². The minimum Gasteiger partial charge on any atom is -0.326 e. The molecule has 0 atom stereocenters. The number of imidazole rings is 1. The largest absolute Gasteiger partial charge is 0.326 e. The molecule has 3 nitrogen and oxygen atoms in total. The van der Waals surface area contributed by atoms with E-state index in [0.29, 0.717) is 0 Å². The van der Waals surface area contributed by atoms with Gasteiger partial charge in [0.15, 0.2) is 0 Å². The van der Waals surface area contributed by atoms with Gasteiger partial charge in [-0.1, -0.05) is 134 Å². The van der Waals surface area contributed by atoms with Crippen molar-refractivity contribution in [2.45, 2.75) is 52.9 Å². The summed E-state index contributed by atoms with van der Waals surface area (Å²) < 4.78 is 2.48. The maximum atomic E-state index is 5.32. The lowest BCUT2D eigenvalue weighted by atomic mass is 10.1. The summed E-state index contributed by atoms with van der Waals surface area (Å²) in [6.45, 7) is 7.96. The van der Waals surface area contributed by atoms with Crippen molar-refractivity contribution in [3.8, 4) is 22.6 Å². The number of hydrogen-bond donors (Lipinski definition) is 0. The van der Waals surface area contributed by atoms with Gasteiger partial charge >= 0.3 is 0 Å².